The van der Waals surface area contributed by atoms with E-state index in [-0.39, 0.29) is 6.10 Å². The van der Waals surface area contributed by atoms with E-state index in [1.165, 1.54) is 0 Å². The van der Waals surface area contributed by atoms with Gasteiger partial charge in [0, 0.05) is 61.9 Å². The van der Waals surface area contributed by atoms with E-state index in [9.17, 15) is 9.50 Å². The van der Waals surface area contributed by atoms with Gasteiger partial charge in [-0.15, -0.1) is 0 Å². The minimum Gasteiger partial charge on any atom is -0.391 e. The summed E-state index contributed by atoms with van der Waals surface area (Å²) < 4.78 is 13.3. The van der Waals surface area contributed by atoms with Crippen LogP contribution in [0.5, 0.6) is 0 Å². The highest BCUT2D eigenvalue weighted by Crippen LogP contribution is 2.33. The van der Waals surface area contributed by atoms with E-state index in [1.54, 1.807) is 6.20 Å². The van der Waals surface area contributed by atoms with Crippen LogP contribution in [0.1, 0.15) is 25.0 Å². The molecule has 0 spiro atoms. The second kappa shape index (κ2) is 8.09. The molecule has 2 aliphatic heterocycles. The average molecular weight is 391 g/mol. The van der Waals surface area contributed by atoms with Crippen molar-refractivity contribution < 1.29 is 9.50 Å². The summed E-state index contributed by atoms with van der Waals surface area (Å²) in [4.78, 5) is 13.1. The third-order valence-electron chi connectivity index (χ3n) is 5.32. The number of aliphatic hydroxyl groups excluding tert-OH is 1. The minimum atomic E-state index is -0.716. The van der Waals surface area contributed by atoms with Gasteiger partial charge >= 0.3 is 0 Å². The molecule has 0 unspecified atom stereocenters. The number of aromatic nitrogens is 2. The topological polar surface area (TPSA) is 52.5 Å². The lowest BCUT2D eigenvalue weighted by Crippen LogP contribution is -2.38. The van der Waals surface area contributed by atoms with Crippen molar-refractivity contribution >= 4 is 17.3 Å². The van der Waals surface area contributed by atoms with E-state index in [1.807, 2.05) is 24.4 Å². The van der Waals surface area contributed by atoms with Gasteiger partial charge in [0.2, 0.25) is 0 Å². The maximum atomic E-state index is 13.3. The predicted molar refractivity (Wildman–Crippen MR) is 105 cm³/mol. The van der Waals surface area contributed by atoms with Gasteiger partial charge in [0.15, 0.2) is 0 Å². The fourth-order valence-corrected chi connectivity index (χ4v) is 4.07. The Hall–Kier alpha value is -1.76. The highest BCUT2D eigenvalue weighted by Gasteiger charge is 2.23. The number of pyridine rings is 2. The zero-order valence-electron chi connectivity index (χ0n) is 15.2. The molecule has 1 N–H and O–H groups in total. The van der Waals surface area contributed by atoms with Crippen LogP contribution in [0.25, 0.3) is 11.1 Å². The lowest BCUT2D eigenvalue weighted by molar-refractivity contribution is 0.154. The Balaban J connectivity index is 1.55. The summed E-state index contributed by atoms with van der Waals surface area (Å²) in [6.07, 6.45) is 4.96. The molecule has 144 valence electrons. The third-order valence-corrected chi connectivity index (χ3v) is 5.53. The van der Waals surface area contributed by atoms with E-state index < -0.39 is 6.17 Å². The van der Waals surface area contributed by atoms with Crippen molar-refractivity contribution in [1.82, 2.24) is 14.9 Å². The molecule has 0 amide bonds. The monoisotopic (exact) mass is 390 g/mol. The molecule has 0 bridgehead atoms. The van der Waals surface area contributed by atoms with Gasteiger partial charge in [-0.3, -0.25) is 9.88 Å². The van der Waals surface area contributed by atoms with Crippen LogP contribution < -0.4 is 4.90 Å². The summed E-state index contributed by atoms with van der Waals surface area (Å²) in [5, 5.41) is 10.5. The first-order valence-corrected chi connectivity index (χ1v) is 9.86. The van der Waals surface area contributed by atoms with Crippen molar-refractivity contribution in [2.45, 2.75) is 38.1 Å². The Morgan fingerprint density at radius 1 is 1.15 bits per heavy atom. The van der Waals surface area contributed by atoms with Crippen LogP contribution >= 0.6 is 11.6 Å². The Kier molecular flexibility index (Phi) is 5.57. The molecule has 4 heterocycles. The molecule has 27 heavy (non-hydrogen) atoms. The van der Waals surface area contributed by atoms with Crippen LogP contribution in [0.2, 0.25) is 5.15 Å². The van der Waals surface area contributed by atoms with Gasteiger partial charge in [-0.2, -0.15) is 0 Å². The molecule has 2 aliphatic rings. The largest absolute Gasteiger partial charge is 0.391 e. The molecule has 0 radical (unpaired) electrons. The number of β-amino-alcohol motifs (C(OH)–C–C–N with tert-alkyl or cyclic N) is 1. The lowest BCUT2D eigenvalue weighted by atomic mass is 10.0. The molecule has 2 saturated heterocycles. The zero-order chi connectivity index (χ0) is 18.8. The fourth-order valence-electron chi connectivity index (χ4n) is 3.91. The van der Waals surface area contributed by atoms with Crippen LogP contribution in [0, 0.1) is 0 Å². The lowest BCUT2D eigenvalue weighted by Gasteiger charge is -2.33. The summed E-state index contributed by atoms with van der Waals surface area (Å²) in [7, 11) is 0. The maximum absolute atomic E-state index is 13.3. The maximum Gasteiger partial charge on any atom is 0.131 e. The number of likely N-dealkylation sites (tertiary alicyclic amines) is 1. The van der Waals surface area contributed by atoms with Crippen molar-refractivity contribution in [3.63, 3.8) is 0 Å². The number of nitrogens with zero attached hydrogens (tertiary/aromatic N) is 4. The number of rotatable bonds is 4. The highest BCUT2D eigenvalue weighted by molar-refractivity contribution is 6.29. The summed E-state index contributed by atoms with van der Waals surface area (Å²) in [5.74, 6) is 0. The smallest absolute Gasteiger partial charge is 0.131 e. The summed E-state index contributed by atoms with van der Waals surface area (Å²) in [6.45, 7) is 3.43. The molecule has 2 aromatic rings. The van der Waals surface area contributed by atoms with Gasteiger partial charge < -0.3 is 10.0 Å². The predicted octanol–water partition coefficient (Wildman–Crippen LogP) is 3.30. The van der Waals surface area contributed by atoms with Crippen molar-refractivity contribution in [3.8, 4) is 11.1 Å². The minimum absolute atomic E-state index is 0.321. The van der Waals surface area contributed by atoms with Crippen LogP contribution in [0.15, 0.2) is 30.6 Å². The summed E-state index contributed by atoms with van der Waals surface area (Å²) >= 11 is 6.14. The molecular weight excluding hydrogens is 367 g/mol. The Morgan fingerprint density at radius 3 is 2.74 bits per heavy atom. The molecule has 5 nitrogen and oxygen atoms in total. The first-order chi connectivity index (χ1) is 13.1. The van der Waals surface area contributed by atoms with Gasteiger partial charge in [-0.1, -0.05) is 17.7 Å². The van der Waals surface area contributed by atoms with Gasteiger partial charge in [0.1, 0.15) is 11.3 Å². The number of aliphatic hydroxyl groups is 1. The Labute approximate surface area is 163 Å². The standard InChI is InChI=1S/C20H24ClFN4O/c21-20-8-19(26-6-1-2-17(27)13-26)18(10-24-20)14-3-4-16(23-9-14)12-25-7-5-15(22)11-25/h3-4,8-10,15,17,27H,1-2,5-7,11-13H2/t15-,17-/m0/s1. The van der Waals surface area contributed by atoms with Crippen molar-refractivity contribution in [3.05, 3.63) is 41.4 Å². The number of halogens is 2. The van der Waals surface area contributed by atoms with E-state index in [2.05, 4.69) is 19.8 Å². The van der Waals surface area contributed by atoms with E-state index in [4.69, 9.17) is 11.6 Å². The summed E-state index contributed by atoms with van der Waals surface area (Å²) in [6, 6.07) is 5.87. The van der Waals surface area contributed by atoms with Crippen LogP contribution in [-0.4, -0.2) is 58.4 Å². The number of hydrogen-bond acceptors (Lipinski definition) is 5. The molecule has 0 aliphatic carbocycles. The molecular formula is C20H24ClFN4O. The normalized spacial score (nSPS) is 23.7. The van der Waals surface area contributed by atoms with Crippen molar-refractivity contribution in [1.29, 1.82) is 0 Å². The van der Waals surface area contributed by atoms with Crippen LogP contribution in [0.3, 0.4) is 0 Å². The molecule has 7 heteroatoms. The van der Waals surface area contributed by atoms with Crippen LogP contribution in [0.4, 0.5) is 10.1 Å². The molecule has 2 fully saturated rings. The van der Waals surface area contributed by atoms with E-state index in [0.717, 1.165) is 48.4 Å². The Morgan fingerprint density at radius 2 is 2.04 bits per heavy atom. The van der Waals surface area contributed by atoms with Gasteiger partial charge in [0.05, 0.1) is 11.8 Å². The second-order valence-corrected chi connectivity index (χ2v) is 7.81. The number of piperidine rings is 1. The highest BCUT2D eigenvalue weighted by atomic mass is 35.5. The summed E-state index contributed by atoms with van der Waals surface area (Å²) in [5.41, 5.74) is 3.83. The molecule has 2 atom stereocenters. The molecule has 2 aromatic heterocycles. The molecule has 4 rings (SSSR count). The van der Waals surface area contributed by atoms with Crippen LogP contribution in [-0.2, 0) is 6.54 Å². The second-order valence-electron chi connectivity index (χ2n) is 7.43. The number of anilines is 1. The average Bonchev–Trinajstić information content (AvgIpc) is 3.07. The fraction of sp³-hybridized carbons (Fsp3) is 0.500. The van der Waals surface area contributed by atoms with Gasteiger partial charge in [0.25, 0.3) is 0 Å². The number of alkyl halides is 1. The van der Waals surface area contributed by atoms with Gasteiger partial charge in [-0.25, -0.2) is 9.37 Å². The SMILES string of the molecule is O[C@H]1CCCN(c2cc(Cl)ncc2-c2ccc(CN3CC[C@H](F)C3)nc2)C1. The Bertz CT molecular complexity index is 788. The first-order valence-electron chi connectivity index (χ1n) is 9.49. The molecule has 0 saturated carbocycles. The van der Waals surface area contributed by atoms with E-state index >= 15 is 0 Å². The first kappa shape index (κ1) is 18.6. The number of hydrogen-bond donors (Lipinski definition) is 1. The zero-order valence-corrected chi connectivity index (χ0v) is 15.9. The van der Waals surface area contributed by atoms with Crippen molar-refractivity contribution in [2.24, 2.45) is 0 Å². The third kappa shape index (κ3) is 4.39. The van der Waals surface area contributed by atoms with E-state index in [0.29, 0.717) is 31.2 Å². The molecule has 0 aromatic carbocycles. The van der Waals surface area contributed by atoms with Gasteiger partial charge in [-0.05, 0) is 31.4 Å². The van der Waals surface area contributed by atoms with Crippen molar-refractivity contribution in [2.75, 3.05) is 31.1 Å². The quantitative estimate of drug-likeness (QED) is 0.812.